The van der Waals surface area contributed by atoms with E-state index in [4.69, 9.17) is 9.47 Å². The predicted octanol–water partition coefficient (Wildman–Crippen LogP) is 3.85. The molecule has 0 radical (unpaired) electrons. The van der Waals surface area contributed by atoms with Gasteiger partial charge in [0.05, 0.1) is 22.3 Å². The molecule has 0 saturated carbocycles. The summed E-state index contributed by atoms with van der Waals surface area (Å²) in [4.78, 5) is 26.1. The Balaban J connectivity index is 1.71. The molecule has 0 aromatic carbocycles. The molecular formula is C16H16O4S2. The Kier molecular flexibility index (Phi) is 5.02. The van der Waals surface area contributed by atoms with E-state index < -0.39 is 6.10 Å². The highest BCUT2D eigenvalue weighted by atomic mass is 32.1. The summed E-state index contributed by atoms with van der Waals surface area (Å²) in [6.45, 7) is 0.695. The quantitative estimate of drug-likeness (QED) is 0.594. The molecule has 3 heterocycles. The summed E-state index contributed by atoms with van der Waals surface area (Å²) in [5.74, 6) is -0.548. The molecule has 2 atom stereocenters. The zero-order valence-corrected chi connectivity index (χ0v) is 13.5. The molecule has 22 heavy (non-hydrogen) atoms. The Morgan fingerprint density at radius 2 is 2.09 bits per heavy atom. The van der Waals surface area contributed by atoms with Gasteiger partial charge in [0.15, 0.2) is 6.10 Å². The van der Waals surface area contributed by atoms with Gasteiger partial charge < -0.3 is 9.47 Å². The molecule has 2 aromatic heterocycles. The van der Waals surface area contributed by atoms with Gasteiger partial charge in [-0.25, -0.2) is 0 Å². The normalized spacial score (nSPS) is 19.0. The third-order valence-corrected chi connectivity index (χ3v) is 5.27. The minimum Gasteiger partial charge on any atom is -0.448 e. The summed E-state index contributed by atoms with van der Waals surface area (Å²) in [6, 6.07) is 7.24. The van der Waals surface area contributed by atoms with Crippen LogP contribution < -0.4 is 0 Å². The van der Waals surface area contributed by atoms with Gasteiger partial charge in [0.2, 0.25) is 5.78 Å². The van der Waals surface area contributed by atoms with Crippen LogP contribution in [0.25, 0.3) is 0 Å². The van der Waals surface area contributed by atoms with Crippen molar-refractivity contribution in [2.24, 2.45) is 0 Å². The lowest BCUT2D eigenvalue weighted by molar-refractivity contribution is -0.149. The average molecular weight is 336 g/mol. The van der Waals surface area contributed by atoms with Gasteiger partial charge >= 0.3 is 5.97 Å². The molecule has 2 aromatic rings. The third-order valence-electron chi connectivity index (χ3n) is 3.47. The van der Waals surface area contributed by atoms with E-state index in [1.54, 1.807) is 6.07 Å². The fourth-order valence-corrected chi connectivity index (χ4v) is 3.83. The molecule has 1 saturated heterocycles. The Labute approximate surface area is 136 Å². The second kappa shape index (κ2) is 7.17. The summed E-state index contributed by atoms with van der Waals surface area (Å²) in [5.41, 5.74) is 0. The van der Waals surface area contributed by atoms with E-state index in [1.807, 2.05) is 29.0 Å². The summed E-state index contributed by atoms with van der Waals surface area (Å²) >= 11 is 2.77. The number of thiophene rings is 2. The Morgan fingerprint density at radius 1 is 1.27 bits per heavy atom. The van der Waals surface area contributed by atoms with Crippen LogP contribution in [-0.2, 0) is 14.3 Å². The van der Waals surface area contributed by atoms with Gasteiger partial charge in [0.25, 0.3) is 0 Å². The summed E-state index contributed by atoms with van der Waals surface area (Å²) < 4.78 is 10.9. The van der Waals surface area contributed by atoms with Crippen LogP contribution in [-0.4, -0.2) is 24.5 Å². The summed E-state index contributed by atoms with van der Waals surface area (Å²) in [6.07, 6.45) is 1.12. The minimum absolute atomic E-state index is 0.0756. The lowest BCUT2D eigenvalue weighted by Gasteiger charge is -2.16. The molecule has 0 spiro atoms. The van der Waals surface area contributed by atoms with Crippen molar-refractivity contribution in [2.75, 3.05) is 6.61 Å². The van der Waals surface area contributed by atoms with E-state index in [9.17, 15) is 9.59 Å². The number of Topliss-reactive ketones (excluding diaryl/α,β-unsaturated/α-hetero) is 1. The number of esters is 1. The van der Waals surface area contributed by atoms with Crippen LogP contribution in [0.2, 0.25) is 0 Å². The summed E-state index contributed by atoms with van der Waals surface area (Å²) in [7, 11) is 0. The number of hydrogen-bond donors (Lipinski definition) is 0. The van der Waals surface area contributed by atoms with E-state index in [1.165, 1.54) is 22.7 Å². The maximum Gasteiger partial charge on any atom is 0.309 e. The van der Waals surface area contributed by atoms with Gasteiger partial charge in [0, 0.05) is 6.61 Å². The zero-order chi connectivity index (χ0) is 15.4. The second-order valence-electron chi connectivity index (χ2n) is 5.07. The van der Waals surface area contributed by atoms with Crippen molar-refractivity contribution >= 4 is 34.4 Å². The topological polar surface area (TPSA) is 52.6 Å². The van der Waals surface area contributed by atoms with Crippen LogP contribution in [0.3, 0.4) is 0 Å². The molecule has 6 heteroatoms. The SMILES string of the molecule is O=C(C[C@@H]1CCCO1)O[C@H](C(=O)c1cccs1)c1cccs1. The monoisotopic (exact) mass is 336 g/mol. The van der Waals surface area contributed by atoms with Gasteiger partial charge in [-0.2, -0.15) is 0 Å². The molecule has 0 unspecified atom stereocenters. The number of rotatable bonds is 6. The molecule has 0 bridgehead atoms. The van der Waals surface area contributed by atoms with E-state index in [0.29, 0.717) is 11.5 Å². The highest BCUT2D eigenvalue weighted by Crippen LogP contribution is 2.29. The van der Waals surface area contributed by atoms with Crippen molar-refractivity contribution in [3.05, 3.63) is 44.8 Å². The van der Waals surface area contributed by atoms with Crippen LogP contribution in [0.1, 0.15) is 39.9 Å². The van der Waals surface area contributed by atoms with Crippen LogP contribution in [0, 0.1) is 0 Å². The number of hydrogen-bond acceptors (Lipinski definition) is 6. The van der Waals surface area contributed by atoms with Crippen LogP contribution in [0.15, 0.2) is 35.0 Å². The largest absolute Gasteiger partial charge is 0.448 e. The smallest absolute Gasteiger partial charge is 0.309 e. The Morgan fingerprint density at radius 3 is 2.73 bits per heavy atom. The average Bonchev–Trinajstić information content (AvgIpc) is 3.24. The number of carbonyl (C=O) groups is 2. The first-order valence-corrected chi connectivity index (χ1v) is 8.92. The van der Waals surface area contributed by atoms with Gasteiger partial charge in [0.1, 0.15) is 0 Å². The fourth-order valence-electron chi connectivity index (χ4n) is 2.40. The zero-order valence-electron chi connectivity index (χ0n) is 11.9. The Bertz CT molecular complexity index is 613. The van der Waals surface area contributed by atoms with Crippen molar-refractivity contribution in [3.63, 3.8) is 0 Å². The van der Waals surface area contributed by atoms with E-state index in [0.717, 1.165) is 17.7 Å². The highest BCUT2D eigenvalue weighted by Gasteiger charge is 2.29. The predicted molar refractivity (Wildman–Crippen MR) is 85.4 cm³/mol. The molecule has 4 nitrogen and oxygen atoms in total. The van der Waals surface area contributed by atoms with Gasteiger partial charge in [-0.05, 0) is 35.7 Å². The molecule has 3 rings (SSSR count). The maximum absolute atomic E-state index is 12.6. The van der Waals surface area contributed by atoms with Gasteiger partial charge in [-0.3, -0.25) is 9.59 Å². The van der Waals surface area contributed by atoms with Crippen LogP contribution >= 0.6 is 22.7 Å². The van der Waals surface area contributed by atoms with Gasteiger partial charge in [-0.15, -0.1) is 22.7 Å². The van der Waals surface area contributed by atoms with Crippen LogP contribution in [0.4, 0.5) is 0 Å². The molecule has 116 valence electrons. The maximum atomic E-state index is 12.6. The second-order valence-corrected chi connectivity index (χ2v) is 6.99. The molecule has 1 fully saturated rings. The summed E-state index contributed by atoms with van der Waals surface area (Å²) in [5, 5.41) is 3.71. The van der Waals surface area contributed by atoms with Crippen LogP contribution in [0.5, 0.6) is 0 Å². The lowest BCUT2D eigenvalue weighted by Crippen LogP contribution is -2.22. The first-order valence-electron chi connectivity index (χ1n) is 7.16. The van der Waals surface area contributed by atoms with Crippen molar-refractivity contribution in [1.82, 2.24) is 0 Å². The molecule has 0 aliphatic carbocycles. The van der Waals surface area contributed by atoms with Crippen molar-refractivity contribution in [3.8, 4) is 0 Å². The standard InChI is InChI=1S/C16H16O4S2/c17-14(10-11-4-1-7-19-11)20-16(13-6-3-9-22-13)15(18)12-5-2-8-21-12/h2-3,5-6,8-9,11,16H,1,4,7,10H2/t11-,16-/m0/s1. The molecule has 1 aliphatic heterocycles. The molecular weight excluding hydrogens is 320 g/mol. The molecule has 1 aliphatic rings. The lowest BCUT2D eigenvalue weighted by atomic mass is 10.1. The van der Waals surface area contributed by atoms with Crippen molar-refractivity contribution < 1.29 is 19.1 Å². The fraction of sp³-hybridized carbons (Fsp3) is 0.375. The van der Waals surface area contributed by atoms with E-state index in [2.05, 4.69) is 0 Å². The number of carbonyl (C=O) groups excluding carboxylic acids is 2. The first kappa shape index (κ1) is 15.4. The number of ether oxygens (including phenoxy) is 2. The van der Waals surface area contributed by atoms with E-state index >= 15 is 0 Å². The molecule has 0 N–H and O–H groups in total. The van der Waals surface area contributed by atoms with Crippen molar-refractivity contribution in [1.29, 1.82) is 0 Å². The molecule has 0 amide bonds. The van der Waals surface area contributed by atoms with E-state index in [-0.39, 0.29) is 24.3 Å². The highest BCUT2D eigenvalue weighted by molar-refractivity contribution is 7.12. The Hall–Kier alpha value is -1.50. The minimum atomic E-state index is -0.854. The first-order chi connectivity index (χ1) is 10.7. The number of ketones is 1. The third kappa shape index (κ3) is 3.63. The van der Waals surface area contributed by atoms with Crippen molar-refractivity contribution in [2.45, 2.75) is 31.5 Å². The van der Waals surface area contributed by atoms with Gasteiger partial charge in [-0.1, -0.05) is 12.1 Å².